The number of furan rings is 1. The van der Waals surface area contributed by atoms with Crippen LogP contribution >= 0.6 is 0 Å². The summed E-state index contributed by atoms with van der Waals surface area (Å²) in [5, 5.41) is 0. The van der Waals surface area contributed by atoms with E-state index in [-0.39, 0.29) is 0 Å². The van der Waals surface area contributed by atoms with E-state index in [1.165, 1.54) is 7.11 Å². The zero-order chi connectivity index (χ0) is 12.5. The minimum atomic E-state index is -0.403. The van der Waals surface area contributed by atoms with Gasteiger partial charge in [-0.25, -0.2) is 4.79 Å². The number of aromatic amines is 1. The maximum atomic E-state index is 11.8. The SMILES string of the molecule is COC(=O)c1[nH]c2ccoc2c1-c1ccccc1. The molecule has 90 valence electrons. The van der Waals surface area contributed by atoms with Crippen LogP contribution < -0.4 is 0 Å². The quantitative estimate of drug-likeness (QED) is 0.701. The average Bonchev–Trinajstić information content (AvgIpc) is 2.98. The third-order valence-electron chi connectivity index (χ3n) is 2.85. The second kappa shape index (κ2) is 4.07. The van der Waals surface area contributed by atoms with Crippen molar-refractivity contribution in [2.24, 2.45) is 0 Å². The first kappa shape index (κ1) is 10.7. The highest BCUT2D eigenvalue weighted by Gasteiger charge is 2.21. The van der Waals surface area contributed by atoms with Gasteiger partial charge in [-0.1, -0.05) is 30.3 Å². The summed E-state index contributed by atoms with van der Waals surface area (Å²) < 4.78 is 10.2. The van der Waals surface area contributed by atoms with Gasteiger partial charge in [-0.3, -0.25) is 0 Å². The van der Waals surface area contributed by atoms with Crippen molar-refractivity contribution in [3.05, 3.63) is 48.4 Å². The maximum absolute atomic E-state index is 11.8. The molecule has 0 aliphatic carbocycles. The molecule has 18 heavy (non-hydrogen) atoms. The highest BCUT2D eigenvalue weighted by atomic mass is 16.5. The lowest BCUT2D eigenvalue weighted by atomic mass is 10.1. The van der Waals surface area contributed by atoms with E-state index in [0.717, 1.165) is 16.6 Å². The molecule has 2 heterocycles. The Kier molecular flexibility index (Phi) is 2.41. The van der Waals surface area contributed by atoms with Crippen molar-refractivity contribution in [1.29, 1.82) is 0 Å². The largest absolute Gasteiger partial charge is 0.464 e. The van der Waals surface area contributed by atoms with Gasteiger partial charge in [0.2, 0.25) is 0 Å². The average molecular weight is 241 g/mol. The number of methoxy groups -OCH3 is 1. The molecule has 0 amide bonds. The molecule has 4 heteroatoms. The zero-order valence-electron chi connectivity index (χ0n) is 9.77. The summed E-state index contributed by atoms with van der Waals surface area (Å²) in [7, 11) is 1.36. The van der Waals surface area contributed by atoms with E-state index >= 15 is 0 Å². The van der Waals surface area contributed by atoms with E-state index < -0.39 is 5.97 Å². The summed E-state index contributed by atoms with van der Waals surface area (Å²) in [5.74, 6) is -0.403. The molecule has 1 N–H and O–H groups in total. The van der Waals surface area contributed by atoms with Crippen LogP contribution in [0.3, 0.4) is 0 Å². The smallest absolute Gasteiger partial charge is 0.355 e. The summed E-state index contributed by atoms with van der Waals surface area (Å²) in [6.45, 7) is 0. The Labute approximate surface area is 103 Å². The van der Waals surface area contributed by atoms with Gasteiger partial charge in [0.25, 0.3) is 0 Å². The van der Waals surface area contributed by atoms with E-state index in [9.17, 15) is 4.79 Å². The molecule has 0 aliphatic rings. The minimum Gasteiger partial charge on any atom is -0.464 e. The van der Waals surface area contributed by atoms with E-state index in [4.69, 9.17) is 9.15 Å². The zero-order valence-corrected chi connectivity index (χ0v) is 9.77. The van der Waals surface area contributed by atoms with Crippen LogP contribution in [0.25, 0.3) is 22.2 Å². The fraction of sp³-hybridized carbons (Fsp3) is 0.0714. The lowest BCUT2D eigenvalue weighted by molar-refractivity contribution is 0.0596. The molecule has 3 rings (SSSR count). The monoisotopic (exact) mass is 241 g/mol. The lowest BCUT2D eigenvalue weighted by Crippen LogP contribution is -2.03. The van der Waals surface area contributed by atoms with Crippen LogP contribution in [0.4, 0.5) is 0 Å². The van der Waals surface area contributed by atoms with Crippen LogP contribution in [-0.2, 0) is 4.74 Å². The number of hydrogen-bond donors (Lipinski definition) is 1. The summed E-state index contributed by atoms with van der Waals surface area (Å²) in [5.41, 5.74) is 3.52. The number of hydrogen-bond acceptors (Lipinski definition) is 3. The first-order valence-electron chi connectivity index (χ1n) is 5.54. The van der Waals surface area contributed by atoms with Crippen molar-refractivity contribution >= 4 is 17.1 Å². The van der Waals surface area contributed by atoms with Gasteiger partial charge in [0.15, 0.2) is 5.58 Å². The van der Waals surface area contributed by atoms with Crippen molar-refractivity contribution in [2.45, 2.75) is 0 Å². The summed E-state index contributed by atoms with van der Waals surface area (Å²) >= 11 is 0. The number of carbonyl (C=O) groups excluding carboxylic acids is 1. The molecule has 0 saturated heterocycles. The number of esters is 1. The van der Waals surface area contributed by atoms with Crippen LogP contribution in [-0.4, -0.2) is 18.1 Å². The maximum Gasteiger partial charge on any atom is 0.355 e. The molecule has 0 atom stereocenters. The molecule has 0 aliphatic heterocycles. The van der Waals surface area contributed by atoms with Crippen molar-refractivity contribution in [2.75, 3.05) is 7.11 Å². The van der Waals surface area contributed by atoms with Gasteiger partial charge in [0.05, 0.1) is 24.5 Å². The van der Waals surface area contributed by atoms with Crippen molar-refractivity contribution in [1.82, 2.24) is 4.98 Å². The van der Waals surface area contributed by atoms with Crippen LogP contribution in [0.2, 0.25) is 0 Å². The Morgan fingerprint density at radius 1 is 1.22 bits per heavy atom. The molecule has 0 saturated carbocycles. The van der Waals surface area contributed by atoms with Crippen LogP contribution in [0.5, 0.6) is 0 Å². The molecular formula is C14H11NO3. The van der Waals surface area contributed by atoms with Gasteiger partial charge >= 0.3 is 5.97 Å². The van der Waals surface area contributed by atoms with Crippen molar-refractivity contribution in [3.63, 3.8) is 0 Å². The van der Waals surface area contributed by atoms with E-state index in [0.29, 0.717) is 11.3 Å². The molecular weight excluding hydrogens is 230 g/mol. The molecule has 0 fully saturated rings. The second-order valence-corrected chi connectivity index (χ2v) is 3.90. The number of carbonyl (C=O) groups is 1. The predicted octanol–water partition coefficient (Wildman–Crippen LogP) is 3.21. The Bertz CT molecular complexity index is 694. The number of H-pyrrole nitrogens is 1. The summed E-state index contributed by atoms with van der Waals surface area (Å²) in [4.78, 5) is 14.8. The fourth-order valence-corrected chi connectivity index (χ4v) is 2.05. The fourth-order valence-electron chi connectivity index (χ4n) is 2.05. The topological polar surface area (TPSA) is 55.2 Å². The normalized spacial score (nSPS) is 10.7. The highest BCUT2D eigenvalue weighted by molar-refractivity contribution is 6.05. The van der Waals surface area contributed by atoms with Crippen LogP contribution in [0.1, 0.15) is 10.5 Å². The molecule has 0 radical (unpaired) electrons. The van der Waals surface area contributed by atoms with Gasteiger partial charge in [-0.2, -0.15) is 0 Å². The molecule has 2 aromatic heterocycles. The molecule has 0 spiro atoms. The van der Waals surface area contributed by atoms with Crippen molar-refractivity contribution < 1.29 is 13.9 Å². The number of fused-ring (bicyclic) bond motifs is 1. The predicted molar refractivity (Wildman–Crippen MR) is 67.3 cm³/mol. The third kappa shape index (κ3) is 1.50. The Morgan fingerprint density at radius 3 is 2.72 bits per heavy atom. The Balaban J connectivity index is 2.30. The van der Waals surface area contributed by atoms with E-state index in [1.807, 2.05) is 30.3 Å². The van der Waals surface area contributed by atoms with Gasteiger partial charge in [0, 0.05) is 6.07 Å². The second-order valence-electron chi connectivity index (χ2n) is 3.90. The first-order chi connectivity index (χ1) is 8.81. The van der Waals surface area contributed by atoms with Gasteiger partial charge < -0.3 is 14.1 Å². The lowest BCUT2D eigenvalue weighted by Gasteiger charge is -2.02. The van der Waals surface area contributed by atoms with Crippen molar-refractivity contribution in [3.8, 4) is 11.1 Å². The van der Waals surface area contributed by atoms with Gasteiger partial charge in [-0.15, -0.1) is 0 Å². The molecule has 0 unspecified atom stereocenters. The third-order valence-corrected chi connectivity index (χ3v) is 2.85. The Morgan fingerprint density at radius 2 is 2.00 bits per heavy atom. The number of ether oxygens (including phenoxy) is 1. The number of benzene rings is 1. The summed E-state index contributed by atoms with van der Waals surface area (Å²) in [6, 6.07) is 11.4. The van der Waals surface area contributed by atoms with E-state index in [1.54, 1.807) is 12.3 Å². The first-order valence-corrected chi connectivity index (χ1v) is 5.54. The Hall–Kier alpha value is -2.49. The number of rotatable bonds is 2. The number of nitrogens with one attached hydrogen (secondary N) is 1. The van der Waals surface area contributed by atoms with Gasteiger partial charge in [-0.05, 0) is 5.56 Å². The molecule has 4 nitrogen and oxygen atoms in total. The minimum absolute atomic E-state index is 0.403. The highest BCUT2D eigenvalue weighted by Crippen LogP contribution is 2.33. The number of aromatic nitrogens is 1. The molecule has 1 aromatic carbocycles. The van der Waals surface area contributed by atoms with Gasteiger partial charge in [0.1, 0.15) is 5.69 Å². The van der Waals surface area contributed by atoms with E-state index in [2.05, 4.69) is 4.98 Å². The standard InChI is InChI=1S/C14H11NO3/c1-17-14(16)12-11(9-5-3-2-4-6-9)13-10(15-12)7-8-18-13/h2-8,15H,1H3. The molecule has 0 bridgehead atoms. The van der Waals surface area contributed by atoms with Crippen LogP contribution in [0, 0.1) is 0 Å². The summed E-state index contributed by atoms with van der Waals surface area (Å²) in [6.07, 6.45) is 1.59. The van der Waals surface area contributed by atoms with Crippen LogP contribution in [0.15, 0.2) is 47.1 Å². The molecule has 3 aromatic rings.